The van der Waals surface area contributed by atoms with Gasteiger partial charge in [-0.2, -0.15) is 0 Å². The number of carbonyl (C=O) groups excluding carboxylic acids is 1. The molecule has 1 nitrogen and oxygen atoms in total. The van der Waals surface area contributed by atoms with E-state index in [1.807, 2.05) is 6.92 Å². The molecule has 1 aromatic carbocycles. The summed E-state index contributed by atoms with van der Waals surface area (Å²) in [6.45, 7) is 10.7. The van der Waals surface area contributed by atoms with E-state index >= 15 is 0 Å². The zero-order valence-corrected chi connectivity index (χ0v) is 12.4. The lowest BCUT2D eigenvalue weighted by Gasteiger charge is -2.20. The van der Waals surface area contributed by atoms with Crippen molar-refractivity contribution < 1.29 is 4.79 Å². The van der Waals surface area contributed by atoms with Gasteiger partial charge in [0.2, 0.25) is 0 Å². The number of Topliss-reactive ketones (excluding diaryl/α,β-unsaturated/α-hetero) is 1. The van der Waals surface area contributed by atoms with Crippen LogP contribution < -0.4 is 0 Å². The maximum atomic E-state index is 11.8. The van der Waals surface area contributed by atoms with Gasteiger partial charge in [0.1, 0.15) is 5.78 Å². The molecule has 1 atom stereocenters. The molecule has 0 amide bonds. The van der Waals surface area contributed by atoms with Crippen molar-refractivity contribution in [3.63, 3.8) is 0 Å². The molecule has 18 heavy (non-hydrogen) atoms. The lowest BCUT2D eigenvalue weighted by molar-refractivity contribution is -0.122. The van der Waals surface area contributed by atoms with E-state index in [9.17, 15) is 4.79 Å². The Kier molecular flexibility index (Phi) is 5.13. The Hall–Kier alpha value is -1.11. The zero-order valence-electron chi connectivity index (χ0n) is 12.4. The van der Waals surface area contributed by atoms with E-state index in [-0.39, 0.29) is 11.3 Å². The van der Waals surface area contributed by atoms with Crippen molar-refractivity contribution in [2.45, 2.75) is 59.3 Å². The standard InChI is InChI=1S/C17H26O/c1-6-14(16(18)7-2)12-13-8-10-15(11-9-13)17(3,4)5/h8-11,14H,6-7,12H2,1-5H3. The van der Waals surface area contributed by atoms with Crippen molar-refractivity contribution in [2.75, 3.05) is 0 Å². The molecule has 0 saturated heterocycles. The second-order valence-electron chi connectivity index (χ2n) is 6.08. The molecule has 0 spiro atoms. The number of hydrogen-bond donors (Lipinski definition) is 0. The fourth-order valence-corrected chi connectivity index (χ4v) is 2.20. The van der Waals surface area contributed by atoms with Crippen LogP contribution in [0.4, 0.5) is 0 Å². The van der Waals surface area contributed by atoms with Crippen molar-refractivity contribution in [2.24, 2.45) is 5.92 Å². The maximum Gasteiger partial charge on any atom is 0.136 e. The molecule has 1 aromatic rings. The lowest BCUT2D eigenvalue weighted by atomic mass is 9.85. The highest BCUT2D eigenvalue weighted by Gasteiger charge is 2.16. The van der Waals surface area contributed by atoms with Gasteiger partial charge in [0.25, 0.3) is 0 Å². The largest absolute Gasteiger partial charge is 0.299 e. The molecule has 0 aliphatic heterocycles. The van der Waals surface area contributed by atoms with E-state index in [1.54, 1.807) is 0 Å². The average Bonchev–Trinajstić information content (AvgIpc) is 2.34. The second-order valence-corrected chi connectivity index (χ2v) is 6.08. The number of ketones is 1. The van der Waals surface area contributed by atoms with E-state index in [0.717, 1.165) is 12.8 Å². The van der Waals surface area contributed by atoms with Crippen LogP contribution in [-0.2, 0) is 16.6 Å². The number of rotatable bonds is 5. The van der Waals surface area contributed by atoms with Crippen LogP contribution in [0.5, 0.6) is 0 Å². The average molecular weight is 246 g/mol. The highest BCUT2D eigenvalue weighted by Crippen LogP contribution is 2.23. The molecule has 0 saturated carbocycles. The molecule has 1 heteroatoms. The Morgan fingerprint density at radius 3 is 2.06 bits per heavy atom. The minimum atomic E-state index is 0.190. The monoisotopic (exact) mass is 246 g/mol. The van der Waals surface area contributed by atoms with Gasteiger partial charge >= 0.3 is 0 Å². The summed E-state index contributed by atoms with van der Waals surface area (Å²) in [5.41, 5.74) is 2.82. The van der Waals surface area contributed by atoms with E-state index < -0.39 is 0 Å². The van der Waals surface area contributed by atoms with Crippen molar-refractivity contribution in [1.29, 1.82) is 0 Å². The molecule has 100 valence electrons. The van der Waals surface area contributed by atoms with E-state index in [4.69, 9.17) is 0 Å². The maximum absolute atomic E-state index is 11.8. The Balaban J connectivity index is 2.77. The first-order valence-corrected chi connectivity index (χ1v) is 7.00. The van der Waals surface area contributed by atoms with Crippen LogP contribution in [0.15, 0.2) is 24.3 Å². The van der Waals surface area contributed by atoms with Gasteiger partial charge in [-0.05, 0) is 29.4 Å². The first kappa shape index (κ1) is 14.9. The molecular weight excluding hydrogens is 220 g/mol. The van der Waals surface area contributed by atoms with Crippen molar-refractivity contribution in [1.82, 2.24) is 0 Å². The SMILES string of the molecule is CCC(=O)C(CC)Cc1ccc(C(C)(C)C)cc1. The quantitative estimate of drug-likeness (QED) is 0.746. The summed E-state index contributed by atoms with van der Waals surface area (Å²) in [5, 5.41) is 0. The number of benzene rings is 1. The minimum absolute atomic E-state index is 0.190. The van der Waals surface area contributed by atoms with Gasteiger partial charge in [0.15, 0.2) is 0 Å². The van der Waals surface area contributed by atoms with E-state index in [2.05, 4.69) is 52.0 Å². The van der Waals surface area contributed by atoms with Crippen molar-refractivity contribution in [3.05, 3.63) is 35.4 Å². The lowest BCUT2D eigenvalue weighted by Crippen LogP contribution is -2.15. The molecule has 0 radical (unpaired) electrons. The molecule has 0 aliphatic rings. The summed E-state index contributed by atoms with van der Waals surface area (Å²) >= 11 is 0. The summed E-state index contributed by atoms with van der Waals surface area (Å²) in [5.74, 6) is 0.577. The molecule has 1 rings (SSSR count). The molecule has 0 heterocycles. The van der Waals surface area contributed by atoms with Crippen LogP contribution in [0.3, 0.4) is 0 Å². The zero-order chi connectivity index (χ0) is 13.8. The second kappa shape index (κ2) is 6.17. The smallest absolute Gasteiger partial charge is 0.136 e. The van der Waals surface area contributed by atoms with Crippen LogP contribution >= 0.6 is 0 Å². The predicted octanol–water partition coefficient (Wildman–Crippen LogP) is 4.53. The first-order chi connectivity index (χ1) is 8.38. The fraction of sp³-hybridized carbons (Fsp3) is 0.588. The molecule has 0 N–H and O–H groups in total. The van der Waals surface area contributed by atoms with Crippen LogP contribution in [0.1, 0.15) is 58.6 Å². The van der Waals surface area contributed by atoms with Crippen LogP contribution in [0.25, 0.3) is 0 Å². The first-order valence-electron chi connectivity index (χ1n) is 7.00. The third kappa shape index (κ3) is 3.97. The normalized spacial score (nSPS) is 13.4. The summed E-state index contributed by atoms with van der Waals surface area (Å²) in [6.07, 6.45) is 2.47. The Labute approximate surface area is 112 Å². The molecule has 0 fully saturated rings. The van der Waals surface area contributed by atoms with Crippen molar-refractivity contribution in [3.8, 4) is 0 Å². The van der Waals surface area contributed by atoms with Gasteiger partial charge in [-0.3, -0.25) is 4.79 Å². The molecule has 0 bridgehead atoms. The fourth-order valence-electron chi connectivity index (χ4n) is 2.20. The highest BCUT2D eigenvalue weighted by atomic mass is 16.1. The Morgan fingerprint density at radius 2 is 1.67 bits per heavy atom. The van der Waals surface area contributed by atoms with Crippen LogP contribution in [-0.4, -0.2) is 5.78 Å². The summed E-state index contributed by atoms with van der Waals surface area (Å²) in [6, 6.07) is 8.73. The summed E-state index contributed by atoms with van der Waals surface area (Å²) in [4.78, 5) is 11.8. The van der Waals surface area contributed by atoms with Gasteiger partial charge in [-0.25, -0.2) is 0 Å². The van der Waals surface area contributed by atoms with Crippen LogP contribution in [0, 0.1) is 5.92 Å². The van der Waals surface area contributed by atoms with Gasteiger partial charge < -0.3 is 0 Å². The third-order valence-corrected chi connectivity index (χ3v) is 3.60. The van der Waals surface area contributed by atoms with Gasteiger partial charge in [-0.15, -0.1) is 0 Å². The van der Waals surface area contributed by atoms with Gasteiger partial charge in [0.05, 0.1) is 0 Å². The Bertz CT molecular complexity index is 381. The highest BCUT2D eigenvalue weighted by molar-refractivity contribution is 5.80. The third-order valence-electron chi connectivity index (χ3n) is 3.60. The van der Waals surface area contributed by atoms with Gasteiger partial charge in [-0.1, -0.05) is 58.9 Å². The van der Waals surface area contributed by atoms with Crippen LogP contribution in [0.2, 0.25) is 0 Å². The molecule has 0 aromatic heterocycles. The Morgan fingerprint density at radius 1 is 1.11 bits per heavy atom. The summed E-state index contributed by atoms with van der Waals surface area (Å²) in [7, 11) is 0. The molecule has 0 aliphatic carbocycles. The number of carbonyl (C=O) groups is 1. The van der Waals surface area contributed by atoms with Crippen molar-refractivity contribution >= 4 is 5.78 Å². The number of hydrogen-bond acceptors (Lipinski definition) is 1. The topological polar surface area (TPSA) is 17.1 Å². The molecule has 1 unspecified atom stereocenters. The van der Waals surface area contributed by atoms with Gasteiger partial charge in [0, 0.05) is 12.3 Å². The molecular formula is C17H26O. The van der Waals surface area contributed by atoms with E-state index in [0.29, 0.717) is 12.2 Å². The van der Waals surface area contributed by atoms with E-state index in [1.165, 1.54) is 11.1 Å². The predicted molar refractivity (Wildman–Crippen MR) is 77.9 cm³/mol. The summed E-state index contributed by atoms with van der Waals surface area (Å²) < 4.78 is 0. The minimum Gasteiger partial charge on any atom is -0.299 e.